The zero-order chi connectivity index (χ0) is 28.8. The lowest BCUT2D eigenvalue weighted by Gasteiger charge is -2.41. The van der Waals surface area contributed by atoms with Gasteiger partial charge in [0.1, 0.15) is 18.1 Å². The second-order valence-electron chi connectivity index (χ2n) is 11.7. The van der Waals surface area contributed by atoms with Crippen molar-refractivity contribution < 1.29 is 23.7 Å². The molecule has 4 atom stereocenters. The van der Waals surface area contributed by atoms with Crippen molar-refractivity contribution in [1.29, 1.82) is 0 Å². The fraction of sp³-hybridized carbons (Fsp3) is 0.529. The van der Waals surface area contributed by atoms with Crippen LogP contribution in [0.4, 0.5) is 4.39 Å². The molecule has 0 saturated carbocycles. The van der Waals surface area contributed by atoms with Crippen molar-refractivity contribution in [3.63, 3.8) is 0 Å². The monoisotopic (exact) mass is 564 g/mol. The number of fused-ring (bicyclic) bond motifs is 1. The van der Waals surface area contributed by atoms with Crippen LogP contribution in [0.5, 0.6) is 11.5 Å². The quantitative estimate of drug-likeness (QED) is 0.355. The molecule has 1 saturated heterocycles. The van der Waals surface area contributed by atoms with Gasteiger partial charge in [-0.05, 0) is 111 Å². The van der Waals surface area contributed by atoms with Gasteiger partial charge >= 0.3 is 0 Å². The number of methoxy groups -OCH3 is 1. The molecule has 2 unspecified atom stereocenters. The molecule has 2 aliphatic carbocycles. The van der Waals surface area contributed by atoms with Crippen molar-refractivity contribution in [2.45, 2.75) is 57.7 Å². The summed E-state index contributed by atoms with van der Waals surface area (Å²) >= 11 is 0. The summed E-state index contributed by atoms with van der Waals surface area (Å²) in [5, 5.41) is 9.91. The molecule has 7 heteroatoms. The van der Waals surface area contributed by atoms with E-state index < -0.39 is 0 Å². The Morgan fingerprint density at radius 1 is 1.12 bits per heavy atom. The summed E-state index contributed by atoms with van der Waals surface area (Å²) in [6.07, 6.45) is 12.2. The molecule has 41 heavy (non-hydrogen) atoms. The molecule has 0 radical (unpaired) electrons. The number of phenols is 1. The number of hydrogen-bond donors (Lipinski definition) is 1. The number of allylic oxidation sites excluding steroid dienone is 1. The predicted octanol–water partition coefficient (Wildman–Crippen LogP) is 5.73. The Morgan fingerprint density at radius 3 is 2.76 bits per heavy atom. The Kier molecular flexibility index (Phi) is 10.0. The van der Waals surface area contributed by atoms with Crippen LogP contribution in [-0.4, -0.2) is 74.1 Å². The molecule has 1 aliphatic heterocycles. The van der Waals surface area contributed by atoms with Crippen LogP contribution in [0, 0.1) is 17.7 Å². The molecule has 0 bridgehead atoms. The lowest BCUT2D eigenvalue weighted by Crippen LogP contribution is -2.43. The number of benzene rings is 2. The van der Waals surface area contributed by atoms with Gasteiger partial charge in [-0.25, -0.2) is 4.39 Å². The first-order valence-corrected chi connectivity index (χ1v) is 15.1. The minimum Gasteiger partial charge on any atom is -0.508 e. The number of halogens is 1. The van der Waals surface area contributed by atoms with Crippen molar-refractivity contribution in [3.8, 4) is 11.5 Å². The number of nitrogens with zero attached hydrogens (tertiary/aromatic N) is 2. The van der Waals surface area contributed by atoms with E-state index in [1.807, 2.05) is 12.1 Å². The van der Waals surface area contributed by atoms with Crippen molar-refractivity contribution in [2.75, 3.05) is 47.0 Å². The minimum atomic E-state index is -0.319. The van der Waals surface area contributed by atoms with E-state index in [9.17, 15) is 5.11 Å². The van der Waals surface area contributed by atoms with Crippen molar-refractivity contribution in [1.82, 2.24) is 9.80 Å². The van der Waals surface area contributed by atoms with Gasteiger partial charge in [-0.15, -0.1) is 0 Å². The summed E-state index contributed by atoms with van der Waals surface area (Å²) < 4.78 is 32.3. The number of hydrogen-bond acceptors (Lipinski definition) is 6. The third-order valence-electron chi connectivity index (χ3n) is 8.93. The van der Waals surface area contributed by atoms with E-state index in [1.165, 1.54) is 11.1 Å². The summed E-state index contributed by atoms with van der Waals surface area (Å²) in [5.74, 6) is 1.98. The topological polar surface area (TPSA) is 54.4 Å². The van der Waals surface area contributed by atoms with Crippen LogP contribution in [0.2, 0.25) is 0 Å². The maximum absolute atomic E-state index is 15.1. The molecule has 6 nitrogen and oxygen atoms in total. The van der Waals surface area contributed by atoms with Crippen LogP contribution in [-0.2, 0) is 28.9 Å². The standard InChI is InChI=1S/C34H45FN2O4/c1-4-37(22-24-7-14-34(32(35)18-24)41-17-15-36(2)23-30-6-5-16-40-30)33-21-29(39-3)12-13-31(33)27-9-8-26-20-28(38)11-10-25(26)19-27/h7,10-14,18,20-21,27,30-31,33,38H,4-6,8-9,15-17,19,22-23H2,1-3H3/t27-,30-,31?,33?/m1/s1. The highest BCUT2D eigenvalue weighted by Crippen LogP contribution is 2.38. The molecular weight excluding hydrogens is 519 g/mol. The Bertz CT molecular complexity index is 1230. The molecule has 2 aromatic rings. The normalized spacial score (nSPS) is 24.0. The summed E-state index contributed by atoms with van der Waals surface area (Å²) in [4.78, 5) is 4.60. The molecule has 222 valence electrons. The largest absolute Gasteiger partial charge is 0.508 e. The van der Waals surface area contributed by atoms with Gasteiger partial charge in [0.25, 0.3) is 0 Å². The summed E-state index contributed by atoms with van der Waals surface area (Å²) in [5.41, 5.74) is 3.51. The molecule has 5 rings (SSSR count). The maximum Gasteiger partial charge on any atom is 0.165 e. The predicted molar refractivity (Wildman–Crippen MR) is 160 cm³/mol. The van der Waals surface area contributed by atoms with Gasteiger partial charge in [-0.3, -0.25) is 4.90 Å². The number of rotatable bonds is 12. The Balaban J connectivity index is 1.22. The summed E-state index contributed by atoms with van der Waals surface area (Å²) in [6.45, 7) is 6.52. The lowest BCUT2D eigenvalue weighted by atomic mass is 9.72. The third kappa shape index (κ3) is 7.51. The second-order valence-corrected chi connectivity index (χ2v) is 11.7. The van der Waals surface area contributed by atoms with Gasteiger partial charge in [0, 0.05) is 32.3 Å². The van der Waals surface area contributed by atoms with Crippen LogP contribution in [0.1, 0.15) is 42.9 Å². The van der Waals surface area contributed by atoms with Gasteiger partial charge in [0.05, 0.1) is 13.2 Å². The number of aromatic hydroxyl groups is 1. The Labute approximate surface area is 244 Å². The summed E-state index contributed by atoms with van der Waals surface area (Å²) in [7, 11) is 3.76. The molecule has 0 aromatic heterocycles. The molecule has 2 aromatic carbocycles. The van der Waals surface area contributed by atoms with Gasteiger partial charge < -0.3 is 24.2 Å². The first kappa shape index (κ1) is 29.6. The van der Waals surface area contributed by atoms with E-state index in [-0.39, 0.29) is 11.9 Å². The van der Waals surface area contributed by atoms with Crippen LogP contribution < -0.4 is 4.74 Å². The lowest BCUT2D eigenvalue weighted by molar-refractivity contribution is 0.0769. The van der Waals surface area contributed by atoms with E-state index >= 15 is 4.39 Å². The number of aryl methyl sites for hydroxylation is 1. The maximum atomic E-state index is 15.1. The zero-order valence-electron chi connectivity index (χ0n) is 24.7. The van der Waals surface area contributed by atoms with Crippen molar-refractivity contribution >= 4 is 0 Å². The second kappa shape index (κ2) is 13.9. The van der Waals surface area contributed by atoms with Crippen LogP contribution in [0.3, 0.4) is 0 Å². The van der Waals surface area contributed by atoms with E-state index in [1.54, 1.807) is 25.3 Å². The highest BCUT2D eigenvalue weighted by atomic mass is 19.1. The minimum absolute atomic E-state index is 0.141. The smallest absolute Gasteiger partial charge is 0.165 e. The van der Waals surface area contributed by atoms with Crippen molar-refractivity contribution in [2.24, 2.45) is 11.8 Å². The van der Waals surface area contributed by atoms with Crippen molar-refractivity contribution in [3.05, 3.63) is 82.9 Å². The third-order valence-corrected chi connectivity index (χ3v) is 8.93. The molecule has 1 heterocycles. The highest BCUT2D eigenvalue weighted by molar-refractivity contribution is 5.37. The molecule has 1 N–H and O–H groups in total. The molecule has 3 aliphatic rings. The van der Waals surface area contributed by atoms with Crippen LogP contribution in [0.25, 0.3) is 0 Å². The fourth-order valence-electron chi connectivity index (χ4n) is 6.63. The molecule has 0 spiro atoms. The van der Waals surface area contributed by atoms with E-state index in [2.05, 4.69) is 48.1 Å². The average Bonchev–Trinajstić information content (AvgIpc) is 3.49. The molecular formula is C34H45FN2O4. The van der Waals surface area contributed by atoms with Gasteiger partial charge in [0.2, 0.25) is 0 Å². The van der Waals surface area contributed by atoms with E-state index in [0.29, 0.717) is 42.6 Å². The number of likely N-dealkylation sites (N-methyl/N-ethyl adjacent to an activating group) is 2. The first-order chi connectivity index (χ1) is 19.9. The van der Waals surface area contributed by atoms with Gasteiger partial charge in [0.15, 0.2) is 11.6 Å². The Morgan fingerprint density at radius 2 is 2.00 bits per heavy atom. The summed E-state index contributed by atoms with van der Waals surface area (Å²) in [6, 6.07) is 11.3. The van der Waals surface area contributed by atoms with E-state index in [4.69, 9.17) is 14.2 Å². The van der Waals surface area contributed by atoms with E-state index in [0.717, 1.165) is 69.7 Å². The Hall–Kier alpha value is -2.87. The first-order valence-electron chi connectivity index (χ1n) is 15.1. The number of ether oxygens (including phenoxy) is 3. The molecule has 1 fully saturated rings. The average molecular weight is 565 g/mol. The van der Waals surface area contributed by atoms with Gasteiger partial charge in [-0.1, -0.05) is 25.1 Å². The highest BCUT2D eigenvalue weighted by Gasteiger charge is 2.34. The molecule has 0 amide bonds. The van der Waals surface area contributed by atoms with Crippen LogP contribution in [0.15, 0.2) is 60.4 Å². The number of phenolic OH excluding ortho intramolecular Hbond substituents is 1. The SMILES string of the molecule is CCN(Cc1ccc(OCCN(C)C[C@H]2CCCO2)c(F)c1)C1C=C(OC)C=CC1[C@@H]1CCc2cc(O)ccc2C1. The van der Waals surface area contributed by atoms with Crippen LogP contribution >= 0.6 is 0 Å². The zero-order valence-corrected chi connectivity index (χ0v) is 24.7. The fourth-order valence-corrected chi connectivity index (χ4v) is 6.63. The van der Waals surface area contributed by atoms with Gasteiger partial charge in [-0.2, -0.15) is 0 Å².